The van der Waals surface area contributed by atoms with Crippen LogP contribution < -0.4 is 5.32 Å². The number of carbonyl (C=O) groups is 1. The van der Waals surface area contributed by atoms with Crippen LogP contribution in [0.25, 0.3) is 0 Å². The number of esters is 1. The van der Waals surface area contributed by atoms with Crippen molar-refractivity contribution >= 4 is 5.97 Å². The van der Waals surface area contributed by atoms with Crippen LogP contribution in [0, 0.1) is 0 Å². The largest absolute Gasteiger partial charge is 0.461 e. The lowest BCUT2D eigenvalue weighted by molar-refractivity contribution is -0.162. The van der Waals surface area contributed by atoms with Gasteiger partial charge in [-0.15, -0.1) is 0 Å². The molecule has 0 saturated carbocycles. The SMILES string of the molecule is CC(C)OC(=O)C1CNCCO1. The van der Waals surface area contributed by atoms with E-state index in [9.17, 15) is 4.79 Å². The van der Waals surface area contributed by atoms with Gasteiger partial charge >= 0.3 is 5.97 Å². The Morgan fingerprint density at radius 1 is 1.67 bits per heavy atom. The molecular weight excluding hydrogens is 158 g/mol. The molecule has 0 aromatic carbocycles. The van der Waals surface area contributed by atoms with Gasteiger partial charge in [0, 0.05) is 13.1 Å². The molecular formula is C8H15NO3. The van der Waals surface area contributed by atoms with E-state index in [0.29, 0.717) is 13.2 Å². The summed E-state index contributed by atoms with van der Waals surface area (Å²) in [5.41, 5.74) is 0. The predicted molar refractivity (Wildman–Crippen MR) is 43.8 cm³/mol. The van der Waals surface area contributed by atoms with Crippen molar-refractivity contribution in [1.29, 1.82) is 0 Å². The summed E-state index contributed by atoms with van der Waals surface area (Å²) in [7, 11) is 0. The standard InChI is InChI=1S/C8H15NO3/c1-6(2)12-8(10)7-5-9-3-4-11-7/h6-7,9H,3-5H2,1-2H3. The number of morpholine rings is 1. The second-order valence-electron chi connectivity index (χ2n) is 3.05. The minimum Gasteiger partial charge on any atom is -0.461 e. The fraction of sp³-hybridized carbons (Fsp3) is 0.875. The maximum absolute atomic E-state index is 11.2. The minimum absolute atomic E-state index is 0.0666. The summed E-state index contributed by atoms with van der Waals surface area (Å²) in [6, 6.07) is 0. The first kappa shape index (κ1) is 9.48. The lowest BCUT2D eigenvalue weighted by Crippen LogP contribution is -2.44. The van der Waals surface area contributed by atoms with Gasteiger partial charge in [-0.05, 0) is 13.8 Å². The van der Waals surface area contributed by atoms with E-state index >= 15 is 0 Å². The van der Waals surface area contributed by atoms with E-state index in [2.05, 4.69) is 5.32 Å². The van der Waals surface area contributed by atoms with Gasteiger partial charge in [0.25, 0.3) is 0 Å². The van der Waals surface area contributed by atoms with Gasteiger partial charge in [0.1, 0.15) is 0 Å². The molecule has 1 N–H and O–H groups in total. The van der Waals surface area contributed by atoms with E-state index in [1.165, 1.54) is 0 Å². The van der Waals surface area contributed by atoms with Crippen LogP contribution in [0.2, 0.25) is 0 Å². The second kappa shape index (κ2) is 4.42. The molecule has 0 bridgehead atoms. The number of nitrogens with one attached hydrogen (secondary N) is 1. The van der Waals surface area contributed by atoms with Gasteiger partial charge < -0.3 is 14.8 Å². The predicted octanol–water partition coefficient (Wildman–Crippen LogP) is -0.0736. The summed E-state index contributed by atoms with van der Waals surface area (Å²) in [4.78, 5) is 11.2. The zero-order chi connectivity index (χ0) is 8.97. The summed E-state index contributed by atoms with van der Waals surface area (Å²) < 4.78 is 10.2. The molecule has 1 rings (SSSR count). The molecule has 70 valence electrons. The Bertz CT molecular complexity index is 152. The van der Waals surface area contributed by atoms with E-state index in [-0.39, 0.29) is 12.1 Å². The summed E-state index contributed by atoms with van der Waals surface area (Å²) in [5.74, 6) is -0.266. The van der Waals surface area contributed by atoms with Crippen molar-refractivity contribution < 1.29 is 14.3 Å². The normalized spacial score (nSPS) is 24.1. The Balaban J connectivity index is 2.30. The van der Waals surface area contributed by atoms with Gasteiger partial charge in [0.15, 0.2) is 6.10 Å². The van der Waals surface area contributed by atoms with Crippen LogP contribution in [-0.2, 0) is 14.3 Å². The zero-order valence-electron chi connectivity index (χ0n) is 7.50. The number of hydrogen-bond acceptors (Lipinski definition) is 4. The Morgan fingerprint density at radius 2 is 2.42 bits per heavy atom. The Kier molecular flexibility index (Phi) is 3.49. The Morgan fingerprint density at radius 3 is 2.92 bits per heavy atom. The molecule has 4 nitrogen and oxygen atoms in total. The molecule has 1 heterocycles. The van der Waals surface area contributed by atoms with Crippen LogP contribution in [0.4, 0.5) is 0 Å². The molecule has 0 amide bonds. The quantitative estimate of drug-likeness (QED) is 0.594. The maximum atomic E-state index is 11.2. The molecule has 1 unspecified atom stereocenters. The van der Waals surface area contributed by atoms with E-state index < -0.39 is 6.10 Å². The van der Waals surface area contributed by atoms with E-state index in [1.54, 1.807) is 0 Å². The average molecular weight is 173 g/mol. The lowest BCUT2D eigenvalue weighted by atomic mass is 10.3. The molecule has 4 heteroatoms. The third kappa shape index (κ3) is 2.79. The molecule has 0 aromatic heterocycles. The van der Waals surface area contributed by atoms with Crippen molar-refractivity contribution in [1.82, 2.24) is 5.32 Å². The average Bonchev–Trinajstić information content (AvgIpc) is 2.05. The highest BCUT2D eigenvalue weighted by atomic mass is 16.6. The maximum Gasteiger partial charge on any atom is 0.336 e. The third-order valence-electron chi connectivity index (χ3n) is 1.54. The first-order chi connectivity index (χ1) is 5.70. The second-order valence-corrected chi connectivity index (χ2v) is 3.05. The van der Waals surface area contributed by atoms with Crippen molar-refractivity contribution in [3.63, 3.8) is 0 Å². The third-order valence-corrected chi connectivity index (χ3v) is 1.54. The van der Waals surface area contributed by atoms with Crippen molar-refractivity contribution in [3.8, 4) is 0 Å². The molecule has 1 atom stereocenters. The fourth-order valence-electron chi connectivity index (χ4n) is 1.03. The van der Waals surface area contributed by atoms with Crippen LogP contribution >= 0.6 is 0 Å². The van der Waals surface area contributed by atoms with Crippen molar-refractivity contribution in [2.45, 2.75) is 26.1 Å². The fourth-order valence-corrected chi connectivity index (χ4v) is 1.03. The van der Waals surface area contributed by atoms with Crippen LogP contribution in [0.5, 0.6) is 0 Å². The van der Waals surface area contributed by atoms with Gasteiger partial charge in [-0.1, -0.05) is 0 Å². The summed E-state index contributed by atoms with van der Waals surface area (Å²) in [6.07, 6.45) is -0.482. The van der Waals surface area contributed by atoms with Crippen LogP contribution in [-0.4, -0.2) is 37.9 Å². The van der Waals surface area contributed by atoms with Crippen LogP contribution in [0.1, 0.15) is 13.8 Å². The molecule has 0 aliphatic carbocycles. The number of rotatable bonds is 2. The topological polar surface area (TPSA) is 47.6 Å². The molecule has 0 aromatic rings. The highest BCUT2D eigenvalue weighted by Gasteiger charge is 2.23. The lowest BCUT2D eigenvalue weighted by Gasteiger charge is -2.22. The monoisotopic (exact) mass is 173 g/mol. The van der Waals surface area contributed by atoms with Crippen molar-refractivity contribution in [3.05, 3.63) is 0 Å². The molecule has 1 fully saturated rings. The molecule has 1 aliphatic rings. The first-order valence-electron chi connectivity index (χ1n) is 4.23. The Labute approximate surface area is 72.2 Å². The molecule has 0 radical (unpaired) electrons. The van der Waals surface area contributed by atoms with Crippen LogP contribution in [0.15, 0.2) is 0 Å². The molecule has 1 aliphatic heterocycles. The highest BCUT2D eigenvalue weighted by Crippen LogP contribution is 2.01. The van der Waals surface area contributed by atoms with Gasteiger partial charge in [-0.25, -0.2) is 4.79 Å². The summed E-state index contributed by atoms with van der Waals surface area (Å²) >= 11 is 0. The van der Waals surface area contributed by atoms with Crippen LogP contribution in [0.3, 0.4) is 0 Å². The van der Waals surface area contributed by atoms with E-state index in [1.807, 2.05) is 13.8 Å². The minimum atomic E-state index is -0.416. The zero-order valence-corrected chi connectivity index (χ0v) is 7.50. The van der Waals surface area contributed by atoms with Gasteiger partial charge in [0.05, 0.1) is 12.7 Å². The Hall–Kier alpha value is -0.610. The first-order valence-corrected chi connectivity index (χ1v) is 4.23. The van der Waals surface area contributed by atoms with E-state index in [0.717, 1.165) is 6.54 Å². The summed E-state index contributed by atoms with van der Waals surface area (Å²) in [5, 5.41) is 3.06. The smallest absolute Gasteiger partial charge is 0.336 e. The molecule has 1 saturated heterocycles. The van der Waals surface area contributed by atoms with E-state index in [4.69, 9.17) is 9.47 Å². The van der Waals surface area contributed by atoms with Gasteiger partial charge in [0.2, 0.25) is 0 Å². The molecule has 12 heavy (non-hydrogen) atoms. The van der Waals surface area contributed by atoms with Gasteiger partial charge in [-0.2, -0.15) is 0 Å². The van der Waals surface area contributed by atoms with Crippen molar-refractivity contribution in [2.24, 2.45) is 0 Å². The van der Waals surface area contributed by atoms with Crippen molar-refractivity contribution in [2.75, 3.05) is 19.7 Å². The number of ether oxygens (including phenoxy) is 2. The highest BCUT2D eigenvalue weighted by molar-refractivity contribution is 5.75. The number of hydrogen-bond donors (Lipinski definition) is 1. The number of carbonyl (C=O) groups excluding carboxylic acids is 1. The summed E-state index contributed by atoms with van der Waals surface area (Å²) in [6.45, 7) is 5.61. The molecule has 0 spiro atoms. The van der Waals surface area contributed by atoms with Gasteiger partial charge in [-0.3, -0.25) is 0 Å².